The van der Waals surface area contributed by atoms with Crippen molar-refractivity contribution in [3.8, 4) is 0 Å². The average molecular weight is 434 g/mol. The number of halogens is 3. The standard InChI is InChI=1S/C18H22Cl2N2.C2H4O2.ClH/c1-3-22(4-2)13-12-14-8-5-6-11-17(14)21-18-15(19)9-7-10-16(18)20;1-2(3)4;/h5-11,21H,3-4,12-13H2,1-2H3;1H3,(H,3,4);1H. The van der Waals surface area contributed by atoms with Gasteiger partial charge in [0, 0.05) is 19.2 Å². The molecule has 0 saturated heterocycles. The van der Waals surface area contributed by atoms with E-state index in [1.807, 2.05) is 24.3 Å². The highest BCUT2D eigenvalue weighted by molar-refractivity contribution is 6.39. The fourth-order valence-electron chi connectivity index (χ4n) is 2.43. The lowest BCUT2D eigenvalue weighted by molar-refractivity contribution is -0.134. The first kappa shape index (κ1) is 25.5. The van der Waals surface area contributed by atoms with Crippen LogP contribution in [0.25, 0.3) is 0 Å². The summed E-state index contributed by atoms with van der Waals surface area (Å²) in [6, 6.07) is 13.8. The summed E-state index contributed by atoms with van der Waals surface area (Å²) in [5.74, 6) is -0.833. The number of carboxylic acids is 1. The van der Waals surface area contributed by atoms with Crippen molar-refractivity contribution in [1.29, 1.82) is 0 Å². The van der Waals surface area contributed by atoms with Gasteiger partial charge in [0.05, 0.1) is 15.7 Å². The topological polar surface area (TPSA) is 52.6 Å². The van der Waals surface area contributed by atoms with Crippen LogP contribution in [-0.2, 0) is 11.2 Å². The summed E-state index contributed by atoms with van der Waals surface area (Å²) < 4.78 is 0. The first-order valence-corrected chi connectivity index (χ1v) is 9.35. The first-order valence-electron chi connectivity index (χ1n) is 8.59. The minimum absolute atomic E-state index is 0. The Morgan fingerprint density at radius 1 is 1.04 bits per heavy atom. The smallest absolute Gasteiger partial charge is 0.300 e. The van der Waals surface area contributed by atoms with Crippen molar-refractivity contribution in [1.82, 2.24) is 4.90 Å². The van der Waals surface area contributed by atoms with Crippen molar-refractivity contribution >= 4 is 53.0 Å². The van der Waals surface area contributed by atoms with Gasteiger partial charge in [-0.15, -0.1) is 12.4 Å². The highest BCUT2D eigenvalue weighted by Crippen LogP contribution is 2.33. The van der Waals surface area contributed by atoms with E-state index >= 15 is 0 Å². The van der Waals surface area contributed by atoms with Gasteiger partial charge in [-0.05, 0) is 43.3 Å². The Bertz CT molecular complexity index is 683. The Morgan fingerprint density at radius 2 is 1.56 bits per heavy atom. The fourth-order valence-corrected chi connectivity index (χ4v) is 2.92. The molecule has 0 aliphatic rings. The van der Waals surface area contributed by atoms with Crippen molar-refractivity contribution in [3.05, 3.63) is 58.1 Å². The van der Waals surface area contributed by atoms with Crippen LogP contribution >= 0.6 is 35.6 Å². The van der Waals surface area contributed by atoms with E-state index in [2.05, 4.69) is 42.3 Å². The lowest BCUT2D eigenvalue weighted by Crippen LogP contribution is -2.25. The molecule has 0 unspecified atom stereocenters. The van der Waals surface area contributed by atoms with Crippen LogP contribution in [0.5, 0.6) is 0 Å². The Hall–Kier alpha value is -1.46. The van der Waals surface area contributed by atoms with E-state index in [0.29, 0.717) is 10.0 Å². The molecule has 0 aliphatic heterocycles. The molecule has 27 heavy (non-hydrogen) atoms. The quantitative estimate of drug-likeness (QED) is 0.551. The van der Waals surface area contributed by atoms with Gasteiger partial charge in [-0.2, -0.15) is 0 Å². The molecule has 0 amide bonds. The van der Waals surface area contributed by atoms with Gasteiger partial charge in [0.25, 0.3) is 5.97 Å². The number of carbonyl (C=O) groups is 1. The summed E-state index contributed by atoms with van der Waals surface area (Å²) in [5, 5.41) is 12.1. The maximum Gasteiger partial charge on any atom is 0.300 e. The number of rotatable bonds is 7. The normalized spacial score (nSPS) is 9.85. The lowest BCUT2D eigenvalue weighted by atomic mass is 10.1. The van der Waals surface area contributed by atoms with Crippen molar-refractivity contribution in [2.75, 3.05) is 25.0 Å². The number of nitrogens with one attached hydrogen (secondary N) is 1. The van der Waals surface area contributed by atoms with Crippen LogP contribution in [0.4, 0.5) is 11.4 Å². The SMILES string of the molecule is CC(=O)O.CCN(CC)CCc1ccccc1Nc1c(Cl)cccc1Cl.Cl. The van der Waals surface area contributed by atoms with Gasteiger partial charge in [0.15, 0.2) is 0 Å². The predicted molar refractivity (Wildman–Crippen MR) is 118 cm³/mol. The number of nitrogens with zero attached hydrogens (tertiary/aromatic N) is 1. The van der Waals surface area contributed by atoms with E-state index in [-0.39, 0.29) is 12.4 Å². The number of aliphatic carboxylic acids is 1. The molecule has 2 N–H and O–H groups in total. The van der Waals surface area contributed by atoms with Crippen molar-refractivity contribution < 1.29 is 9.90 Å². The molecule has 0 bridgehead atoms. The molecule has 0 radical (unpaired) electrons. The van der Waals surface area contributed by atoms with Crippen LogP contribution in [-0.4, -0.2) is 35.6 Å². The summed E-state index contributed by atoms with van der Waals surface area (Å²) in [4.78, 5) is 11.4. The van der Waals surface area contributed by atoms with Crippen LogP contribution in [0, 0.1) is 0 Å². The number of benzene rings is 2. The summed E-state index contributed by atoms with van der Waals surface area (Å²) in [5.41, 5.74) is 3.09. The summed E-state index contributed by atoms with van der Waals surface area (Å²) in [7, 11) is 0. The molecule has 2 aromatic rings. The minimum Gasteiger partial charge on any atom is -0.481 e. The molecule has 2 aromatic carbocycles. The monoisotopic (exact) mass is 432 g/mol. The van der Waals surface area contributed by atoms with Crippen molar-refractivity contribution in [2.45, 2.75) is 27.2 Å². The van der Waals surface area contributed by atoms with E-state index in [1.165, 1.54) is 5.56 Å². The van der Waals surface area contributed by atoms with E-state index in [9.17, 15) is 0 Å². The fraction of sp³-hybridized carbons (Fsp3) is 0.350. The largest absolute Gasteiger partial charge is 0.481 e. The van der Waals surface area contributed by atoms with E-state index < -0.39 is 5.97 Å². The molecule has 0 atom stereocenters. The summed E-state index contributed by atoms with van der Waals surface area (Å²) in [6.45, 7) is 8.65. The van der Waals surface area contributed by atoms with Gasteiger partial charge >= 0.3 is 0 Å². The van der Waals surface area contributed by atoms with Crippen molar-refractivity contribution in [2.24, 2.45) is 0 Å². The number of likely N-dealkylation sites (N-methyl/N-ethyl adjacent to an activating group) is 1. The van der Waals surface area contributed by atoms with Gasteiger partial charge in [0.1, 0.15) is 0 Å². The van der Waals surface area contributed by atoms with Gasteiger partial charge in [-0.25, -0.2) is 0 Å². The highest BCUT2D eigenvalue weighted by Gasteiger charge is 2.09. The molecule has 150 valence electrons. The molecule has 2 rings (SSSR count). The molecule has 7 heteroatoms. The Morgan fingerprint density at radius 3 is 2.07 bits per heavy atom. The maximum atomic E-state index is 9.00. The second-order valence-electron chi connectivity index (χ2n) is 5.67. The van der Waals surface area contributed by atoms with Crippen LogP contribution in [0.2, 0.25) is 10.0 Å². The van der Waals surface area contributed by atoms with Gasteiger partial charge in [-0.1, -0.05) is 61.3 Å². The third-order valence-corrected chi connectivity index (χ3v) is 4.46. The van der Waals surface area contributed by atoms with E-state index in [0.717, 1.165) is 44.4 Å². The zero-order chi connectivity index (χ0) is 19.5. The minimum atomic E-state index is -0.833. The van der Waals surface area contributed by atoms with E-state index in [4.69, 9.17) is 33.1 Å². The molecule has 0 fully saturated rings. The third kappa shape index (κ3) is 9.34. The zero-order valence-corrected chi connectivity index (χ0v) is 18.2. The first-order chi connectivity index (χ1) is 12.4. The average Bonchev–Trinajstić information content (AvgIpc) is 2.60. The molecular weight excluding hydrogens is 407 g/mol. The predicted octanol–water partition coefficient (Wildman–Crippen LogP) is 6.13. The molecular formula is C20H27Cl3N2O2. The Kier molecular flexibility index (Phi) is 12.9. The zero-order valence-electron chi connectivity index (χ0n) is 15.8. The van der Waals surface area contributed by atoms with Crippen LogP contribution in [0.3, 0.4) is 0 Å². The second kappa shape index (κ2) is 13.7. The molecule has 4 nitrogen and oxygen atoms in total. The van der Waals surface area contributed by atoms with Crippen LogP contribution in [0.1, 0.15) is 26.3 Å². The molecule has 0 spiro atoms. The van der Waals surface area contributed by atoms with Crippen LogP contribution < -0.4 is 5.32 Å². The molecule has 0 aromatic heterocycles. The number of hydrogen-bond donors (Lipinski definition) is 2. The highest BCUT2D eigenvalue weighted by atomic mass is 35.5. The summed E-state index contributed by atoms with van der Waals surface area (Å²) >= 11 is 12.5. The molecule has 0 saturated carbocycles. The number of hydrogen-bond acceptors (Lipinski definition) is 3. The van der Waals surface area contributed by atoms with Crippen LogP contribution in [0.15, 0.2) is 42.5 Å². The number of para-hydroxylation sites is 2. The Labute approximate surface area is 177 Å². The molecule has 0 heterocycles. The number of carboxylic acid groups (broad SMARTS) is 1. The van der Waals surface area contributed by atoms with Gasteiger partial charge < -0.3 is 15.3 Å². The van der Waals surface area contributed by atoms with Gasteiger partial charge in [-0.3, -0.25) is 4.79 Å². The maximum absolute atomic E-state index is 9.00. The lowest BCUT2D eigenvalue weighted by Gasteiger charge is -2.19. The number of anilines is 2. The second-order valence-corrected chi connectivity index (χ2v) is 6.49. The Balaban J connectivity index is 0.00000123. The van der Waals surface area contributed by atoms with E-state index in [1.54, 1.807) is 0 Å². The summed E-state index contributed by atoms with van der Waals surface area (Å²) in [6.07, 6.45) is 0.993. The van der Waals surface area contributed by atoms with Gasteiger partial charge in [0.2, 0.25) is 0 Å². The van der Waals surface area contributed by atoms with Crippen molar-refractivity contribution in [3.63, 3.8) is 0 Å². The third-order valence-electron chi connectivity index (χ3n) is 3.83. The molecule has 0 aliphatic carbocycles.